The van der Waals surface area contributed by atoms with Gasteiger partial charge in [-0.15, -0.1) is 0 Å². The van der Waals surface area contributed by atoms with Crippen LogP contribution >= 0.6 is 27.5 Å². The maximum absolute atomic E-state index is 14.0. The molecule has 13 heteroatoms. The molecule has 2 amide bonds. The highest BCUT2D eigenvalue weighted by Crippen LogP contribution is 2.37. The molecule has 3 rings (SSSR count). The highest BCUT2D eigenvalue weighted by Gasteiger charge is 2.36. The van der Waals surface area contributed by atoms with Crippen LogP contribution in [0.25, 0.3) is 0 Å². The van der Waals surface area contributed by atoms with E-state index in [0.29, 0.717) is 15.9 Å². The van der Waals surface area contributed by atoms with Gasteiger partial charge < -0.3 is 10.2 Å². The second kappa shape index (κ2) is 13.9. The molecule has 0 fully saturated rings. The van der Waals surface area contributed by atoms with Crippen molar-refractivity contribution in [3.8, 4) is 0 Å². The van der Waals surface area contributed by atoms with Crippen molar-refractivity contribution in [3.05, 3.63) is 99.0 Å². The Kier molecular flexibility index (Phi) is 11.1. The Labute approximate surface area is 256 Å². The molecule has 0 spiro atoms. The molecule has 1 atom stereocenters. The number of alkyl halides is 3. The number of carbonyl (C=O) groups is 2. The predicted octanol–water partition coefficient (Wildman–Crippen LogP) is 6.05. The number of carbonyl (C=O) groups excluding carboxylic acids is 2. The Morgan fingerprint density at radius 2 is 1.62 bits per heavy atom. The van der Waals surface area contributed by atoms with Gasteiger partial charge in [0.25, 0.3) is 0 Å². The zero-order chi connectivity index (χ0) is 31.2. The number of hydrogen-bond acceptors (Lipinski definition) is 4. The molecule has 1 N–H and O–H groups in total. The molecule has 0 bridgehead atoms. The van der Waals surface area contributed by atoms with Gasteiger partial charge in [-0.25, -0.2) is 8.42 Å². The minimum Gasteiger partial charge on any atom is -0.352 e. The zero-order valence-corrected chi connectivity index (χ0v) is 26.2. The van der Waals surface area contributed by atoms with Crippen LogP contribution in [-0.4, -0.2) is 50.0 Å². The summed E-state index contributed by atoms with van der Waals surface area (Å²) in [5.74, 6) is -1.25. The molecule has 1 unspecified atom stereocenters. The molecule has 7 nitrogen and oxygen atoms in total. The third kappa shape index (κ3) is 9.20. The maximum Gasteiger partial charge on any atom is 0.417 e. The number of nitrogens with zero attached hydrogens (tertiary/aromatic N) is 2. The van der Waals surface area contributed by atoms with Gasteiger partial charge >= 0.3 is 6.18 Å². The van der Waals surface area contributed by atoms with Crippen molar-refractivity contribution < 1.29 is 31.2 Å². The van der Waals surface area contributed by atoms with Crippen molar-refractivity contribution in [2.75, 3.05) is 17.1 Å². The lowest BCUT2D eigenvalue weighted by Crippen LogP contribution is -2.54. The van der Waals surface area contributed by atoms with Crippen LogP contribution in [0.1, 0.15) is 30.5 Å². The van der Waals surface area contributed by atoms with Crippen molar-refractivity contribution in [2.24, 2.45) is 0 Å². The van der Waals surface area contributed by atoms with Crippen LogP contribution in [0, 0.1) is 0 Å². The average Bonchev–Trinajstić information content (AvgIpc) is 2.88. The van der Waals surface area contributed by atoms with Crippen LogP contribution in [0.2, 0.25) is 5.02 Å². The maximum atomic E-state index is 14.0. The molecule has 0 heterocycles. The first-order valence-corrected chi connectivity index (χ1v) is 15.8. The van der Waals surface area contributed by atoms with E-state index in [0.717, 1.165) is 28.4 Å². The molecule has 0 saturated heterocycles. The monoisotopic (exact) mass is 687 g/mol. The second-order valence-corrected chi connectivity index (χ2v) is 13.2. The average molecular weight is 689 g/mol. The fourth-order valence-electron chi connectivity index (χ4n) is 4.27. The molecule has 0 radical (unpaired) electrons. The predicted molar refractivity (Wildman–Crippen MR) is 161 cm³/mol. The van der Waals surface area contributed by atoms with E-state index in [1.807, 2.05) is 6.07 Å². The first-order chi connectivity index (χ1) is 19.6. The number of amides is 2. The number of sulfonamides is 1. The standard InChI is InChI=1S/C29H30BrClF3N3O4S/c1-19(2)35-28(39)26(15-20-8-5-4-6-9-20)36(17-21-10-7-11-22(30)14-21)27(38)18-37(42(3,40)41)23-12-13-25(31)24(16-23)29(32,33)34/h4-14,16,19,26H,15,17-18H2,1-3H3,(H,35,39). The summed E-state index contributed by atoms with van der Waals surface area (Å²) >= 11 is 9.14. The largest absolute Gasteiger partial charge is 0.417 e. The Balaban J connectivity index is 2.10. The fraction of sp³-hybridized carbons (Fsp3) is 0.310. The van der Waals surface area contributed by atoms with Crippen molar-refractivity contribution in [1.82, 2.24) is 10.2 Å². The molecule has 0 aliphatic heterocycles. The molecular formula is C29H30BrClF3N3O4S. The van der Waals surface area contributed by atoms with Gasteiger partial charge in [0.05, 0.1) is 22.5 Å². The number of halogens is 5. The summed E-state index contributed by atoms with van der Waals surface area (Å²) in [6.07, 6.45) is -3.96. The molecule has 226 valence electrons. The molecule has 0 aliphatic carbocycles. The number of benzene rings is 3. The van der Waals surface area contributed by atoms with Crippen molar-refractivity contribution in [2.45, 2.75) is 45.1 Å². The minimum absolute atomic E-state index is 0.0761. The summed E-state index contributed by atoms with van der Waals surface area (Å²) in [6.45, 7) is 2.60. The number of nitrogens with one attached hydrogen (secondary N) is 1. The summed E-state index contributed by atoms with van der Waals surface area (Å²) in [5, 5.41) is 2.21. The van der Waals surface area contributed by atoms with Crippen molar-refractivity contribution in [3.63, 3.8) is 0 Å². The number of rotatable bonds is 11. The third-order valence-electron chi connectivity index (χ3n) is 6.17. The van der Waals surface area contributed by atoms with Crippen LogP contribution in [0.4, 0.5) is 18.9 Å². The van der Waals surface area contributed by atoms with Gasteiger partial charge in [0, 0.05) is 23.5 Å². The molecule has 42 heavy (non-hydrogen) atoms. The highest BCUT2D eigenvalue weighted by atomic mass is 79.9. The van der Waals surface area contributed by atoms with Crippen LogP contribution in [0.15, 0.2) is 77.3 Å². The Hall–Kier alpha value is -3.09. The van der Waals surface area contributed by atoms with Crippen LogP contribution in [0.5, 0.6) is 0 Å². The quantitative estimate of drug-likeness (QED) is 0.266. The van der Waals surface area contributed by atoms with E-state index < -0.39 is 56.9 Å². The van der Waals surface area contributed by atoms with E-state index in [2.05, 4.69) is 21.2 Å². The van der Waals surface area contributed by atoms with E-state index in [4.69, 9.17) is 11.6 Å². The zero-order valence-electron chi connectivity index (χ0n) is 23.0. The summed E-state index contributed by atoms with van der Waals surface area (Å²) in [6, 6.07) is 17.3. The summed E-state index contributed by atoms with van der Waals surface area (Å²) in [5.41, 5.74) is -0.242. The lowest BCUT2D eigenvalue weighted by Gasteiger charge is -2.34. The fourth-order valence-corrected chi connectivity index (χ4v) is 5.78. The van der Waals surface area contributed by atoms with Crippen molar-refractivity contribution in [1.29, 1.82) is 0 Å². The van der Waals surface area contributed by atoms with E-state index >= 15 is 0 Å². The highest BCUT2D eigenvalue weighted by molar-refractivity contribution is 9.10. The molecule has 3 aromatic rings. The minimum atomic E-state index is -4.86. The summed E-state index contributed by atoms with van der Waals surface area (Å²) in [7, 11) is -4.26. The van der Waals surface area contributed by atoms with Gasteiger partial charge in [0.15, 0.2) is 0 Å². The Bertz CT molecular complexity index is 1520. The van der Waals surface area contributed by atoms with Crippen LogP contribution in [0.3, 0.4) is 0 Å². The van der Waals surface area contributed by atoms with Gasteiger partial charge in [0.2, 0.25) is 21.8 Å². The van der Waals surface area contributed by atoms with Crippen LogP contribution < -0.4 is 9.62 Å². The van der Waals surface area contributed by atoms with Gasteiger partial charge in [-0.1, -0.05) is 70.0 Å². The van der Waals surface area contributed by atoms with Gasteiger partial charge in [0.1, 0.15) is 12.6 Å². The Morgan fingerprint density at radius 1 is 0.976 bits per heavy atom. The van der Waals surface area contributed by atoms with E-state index in [9.17, 15) is 31.2 Å². The van der Waals surface area contributed by atoms with Crippen LogP contribution in [-0.2, 0) is 38.8 Å². The van der Waals surface area contributed by atoms with E-state index in [1.165, 1.54) is 4.90 Å². The van der Waals surface area contributed by atoms with Gasteiger partial charge in [-0.05, 0) is 55.3 Å². The first-order valence-electron chi connectivity index (χ1n) is 12.8. The summed E-state index contributed by atoms with van der Waals surface area (Å²) in [4.78, 5) is 28.8. The summed E-state index contributed by atoms with van der Waals surface area (Å²) < 4.78 is 67.7. The van der Waals surface area contributed by atoms with E-state index in [1.54, 1.807) is 62.4 Å². The van der Waals surface area contributed by atoms with Crippen molar-refractivity contribution >= 4 is 55.1 Å². The van der Waals surface area contributed by atoms with E-state index in [-0.39, 0.29) is 19.0 Å². The SMILES string of the molecule is CC(C)NC(=O)C(Cc1ccccc1)N(Cc1cccc(Br)c1)C(=O)CN(c1ccc(Cl)c(C(F)(F)F)c1)S(C)(=O)=O. The first kappa shape index (κ1) is 33.4. The topological polar surface area (TPSA) is 86.8 Å². The number of hydrogen-bond donors (Lipinski definition) is 1. The molecule has 3 aromatic carbocycles. The molecule has 0 saturated carbocycles. The number of anilines is 1. The Morgan fingerprint density at radius 3 is 2.19 bits per heavy atom. The second-order valence-electron chi connectivity index (χ2n) is 9.95. The lowest BCUT2D eigenvalue weighted by molar-refractivity contribution is -0.140. The van der Waals surface area contributed by atoms with Gasteiger partial charge in [-0.3, -0.25) is 13.9 Å². The normalized spacial score (nSPS) is 12.6. The molecular weight excluding hydrogens is 659 g/mol. The smallest absolute Gasteiger partial charge is 0.352 e. The lowest BCUT2D eigenvalue weighted by atomic mass is 10.0. The molecule has 0 aliphatic rings. The van der Waals surface area contributed by atoms with Gasteiger partial charge in [-0.2, -0.15) is 13.2 Å². The third-order valence-corrected chi connectivity index (χ3v) is 8.13. The molecule has 0 aromatic heterocycles.